The molecule has 1 saturated heterocycles. The Morgan fingerprint density at radius 2 is 1.66 bits per heavy atom. The van der Waals surface area contributed by atoms with Crippen LogP contribution in [0.3, 0.4) is 0 Å². The zero-order chi connectivity index (χ0) is 21.0. The Morgan fingerprint density at radius 1 is 1.03 bits per heavy atom. The van der Waals surface area contributed by atoms with Crippen molar-refractivity contribution >= 4 is 21.6 Å². The van der Waals surface area contributed by atoms with Gasteiger partial charge in [0.2, 0.25) is 5.91 Å². The maximum Gasteiger partial charge on any atom is 0.264 e. The SMILES string of the molecule is COc1ccccc1N(CC(=O)N1CCN(C)CC1)S(=O)(=O)c1ccc(C)cc1. The summed E-state index contributed by atoms with van der Waals surface area (Å²) in [6.45, 7) is 4.32. The summed E-state index contributed by atoms with van der Waals surface area (Å²) in [5, 5.41) is 0. The highest BCUT2D eigenvalue weighted by atomic mass is 32.2. The molecule has 1 fully saturated rings. The molecule has 0 spiro atoms. The monoisotopic (exact) mass is 417 g/mol. The lowest BCUT2D eigenvalue weighted by Crippen LogP contribution is -2.50. The van der Waals surface area contributed by atoms with Gasteiger partial charge in [-0.3, -0.25) is 9.10 Å². The molecular formula is C21H27N3O4S. The van der Waals surface area contributed by atoms with Crippen LogP contribution in [0.4, 0.5) is 5.69 Å². The molecule has 1 aliphatic heterocycles. The number of piperazine rings is 1. The van der Waals surface area contributed by atoms with E-state index in [1.54, 1.807) is 53.4 Å². The lowest BCUT2D eigenvalue weighted by Gasteiger charge is -2.34. The van der Waals surface area contributed by atoms with E-state index in [-0.39, 0.29) is 17.3 Å². The van der Waals surface area contributed by atoms with Crippen molar-refractivity contribution in [1.82, 2.24) is 9.80 Å². The van der Waals surface area contributed by atoms with E-state index in [9.17, 15) is 13.2 Å². The van der Waals surface area contributed by atoms with Crippen LogP contribution in [0, 0.1) is 6.92 Å². The highest BCUT2D eigenvalue weighted by Gasteiger charge is 2.31. The molecule has 0 aliphatic carbocycles. The van der Waals surface area contributed by atoms with Crippen LogP contribution in [0.5, 0.6) is 5.75 Å². The number of para-hydroxylation sites is 2. The van der Waals surface area contributed by atoms with Gasteiger partial charge in [0.1, 0.15) is 12.3 Å². The summed E-state index contributed by atoms with van der Waals surface area (Å²) < 4.78 is 33.5. The first-order chi connectivity index (χ1) is 13.8. The minimum atomic E-state index is -3.95. The Balaban J connectivity index is 1.98. The maximum atomic E-state index is 13.5. The Morgan fingerprint density at radius 3 is 2.28 bits per heavy atom. The largest absolute Gasteiger partial charge is 0.495 e. The van der Waals surface area contributed by atoms with E-state index in [0.717, 1.165) is 23.0 Å². The van der Waals surface area contributed by atoms with Crippen LogP contribution in [0.1, 0.15) is 5.56 Å². The molecule has 0 saturated carbocycles. The number of methoxy groups -OCH3 is 1. The first-order valence-corrected chi connectivity index (χ1v) is 11.0. The average Bonchev–Trinajstić information content (AvgIpc) is 2.72. The van der Waals surface area contributed by atoms with Crippen LogP contribution in [0.2, 0.25) is 0 Å². The first-order valence-electron chi connectivity index (χ1n) is 9.51. The molecule has 2 aromatic rings. The number of ether oxygens (including phenoxy) is 1. The van der Waals surface area contributed by atoms with Crippen molar-refractivity contribution in [3.63, 3.8) is 0 Å². The topological polar surface area (TPSA) is 70.2 Å². The number of sulfonamides is 1. The Hall–Kier alpha value is -2.58. The van der Waals surface area contributed by atoms with Crippen molar-refractivity contribution in [2.45, 2.75) is 11.8 Å². The van der Waals surface area contributed by atoms with Gasteiger partial charge in [-0.25, -0.2) is 8.42 Å². The first kappa shape index (κ1) is 21.1. The Kier molecular flexibility index (Phi) is 6.44. The maximum absolute atomic E-state index is 13.5. The predicted octanol–water partition coefficient (Wildman–Crippen LogP) is 1.97. The summed E-state index contributed by atoms with van der Waals surface area (Å²) in [6.07, 6.45) is 0. The third-order valence-electron chi connectivity index (χ3n) is 5.10. The van der Waals surface area contributed by atoms with Crippen molar-refractivity contribution in [2.24, 2.45) is 0 Å². The number of anilines is 1. The number of carbonyl (C=O) groups is 1. The van der Waals surface area contributed by atoms with Crippen LogP contribution in [-0.2, 0) is 14.8 Å². The molecule has 1 amide bonds. The number of likely N-dealkylation sites (N-methyl/N-ethyl adjacent to an activating group) is 1. The molecule has 1 heterocycles. The van der Waals surface area contributed by atoms with Crippen LogP contribution < -0.4 is 9.04 Å². The number of benzene rings is 2. The molecule has 3 rings (SSSR count). The summed E-state index contributed by atoms with van der Waals surface area (Å²) >= 11 is 0. The fourth-order valence-electron chi connectivity index (χ4n) is 3.25. The van der Waals surface area contributed by atoms with Crippen LogP contribution >= 0.6 is 0 Å². The lowest BCUT2D eigenvalue weighted by atomic mass is 10.2. The lowest BCUT2D eigenvalue weighted by molar-refractivity contribution is -0.131. The fraction of sp³-hybridized carbons (Fsp3) is 0.381. The number of hydrogen-bond acceptors (Lipinski definition) is 5. The molecule has 8 heteroatoms. The Bertz CT molecular complexity index is 952. The van der Waals surface area contributed by atoms with Crippen LogP contribution in [-0.4, -0.2) is 71.0 Å². The Labute approximate surface area is 172 Å². The highest BCUT2D eigenvalue weighted by Crippen LogP contribution is 2.32. The van der Waals surface area contributed by atoms with Gasteiger partial charge in [-0.2, -0.15) is 0 Å². The smallest absolute Gasteiger partial charge is 0.264 e. The van der Waals surface area contributed by atoms with E-state index in [1.807, 2.05) is 14.0 Å². The summed E-state index contributed by atoms with van der Waals surface area (Å²) in [5.41, 5.74) is 1.30. The third-order valence-corrected chi connectivity index (χ3v) is 6.87. The van der Waals surface area contributed by atoms with Gasteiger partial charge >= 0.3 is 0 Å². The van der Waals surface area contributed by atoms with Gasteiger partial charge in [-0.15, -0.1) is 0 Å². The summed E-state index contributed by atoms with van der Waals surface area (Å²) in [5.74, 6) is 0.175. The summed E-state index contributed by atoms with van der Waals surface area (Å²) in [7, 11) is -0.464. The number of hydrogen-bond donors (Lipinski definition) is 0. The minimum Gasteiger partial charge on any atom is -0.495 e. The summed E-state index contributed by atoms with van der Waals surface area (Å²) in [4.78, 5) is 17.0. The van der Waals surface area contributed by atoms with Crippen molar-refractivity contribution < 1.29 is 17.9 Å². The normalized spacial score (nSPS) is 15.2. The minimum absolute atomic E-state index is 0.139. The van der Waals surface area contributed by atoms with Gasteiger partial charge in [-0.05, 0) is 38.2 Å². The molecular weight excluding hydrogens is 390 g/mol. The van der Waals surface area contributed by atoms with Crippen molar-refractivity contribution in [2.75, 3.05) is 51.2 Å². The van der Waals surface area contributed by atoms with Crippen molar-refractivity contribution in [1.29, 1.82) is 0 Å². The molecule has 0 N–H and O–H groups in total. The number of nitrogens with zero attached hydrogens (tertiary/aromatic N) is 3. The van der Waals surface area contributed by atoms with E-state index in [4.69, 9.17) is 4.74 Å². The van der Waals surface area contributed by atoms with E-state index >= 15 is 0 Å². The number of carbonyl (C=O) groups excluding carboxylic acids is 1. The van der Waals surface area contributed by atoms with Gasteiger partial charge in [0.15, 0.2) is 0 Å². The predicted molar refractivity (Wildman–Crippen MR) is 113 cm³/mol. The van der Waals surface area contributed by atoms with Gasteiger partial charge < -0.3 is 14.5 Å². The third kappa shape index (κ3) is 4.71. The molecule has 156 valence electrons. The van der Waals surface area contributed by atoms with Crippen LogP contribution in [0.15, 0.2) is 53.4 Å². The highest BCUT2D eigenvalue weighted by molar-refractivity contribution is 7.92. The van der Waals surface area contributed by atoms with Crippen molar-refractivity contribution in [3.8, 4) is 5.75 Å². The molecule has 29 heavy (non-hydrogen) atoms. The molecule has 1 aliphatic rings. The molecule has 0 bridgehead atoms. The van der Waals surface area contributed by atoms with Gasteiger partial charge in [0.05, 0.1) is 17.7 Å². The van der Waals surface area contributed by atoms with Gasteiger partial charge in [-0.1, -0.05) is 29.8 Å². The van der Waals surface area contributed by atoms with Gasteiger partial charge in [0, 0.05) is 26.2 Å². The zero-order valence-electron chi connectivity index (χ0n) is 17.0. The standard InChI is InChI=1S/C21H27N3O4S/c1-17-8-10-18(11-9-17)29(26,27)24(19-6-4-5-7-20(19)28-3)16-21(25)23-14-12-22(2)13-15-23/h4-11H,12-16H2,1-3H3. The molecule has 7 nitrogen and oxygen atoms in total. The quantitative estimate of drug-likeness (QED) is 0.719. The molecule has 0 atom stereocenters. The second kappa shape index (κ2) is 8.84. The summed E-state index contributed by atoms with van der Waals surface area (Å²) in [6, 6.07) is 13.5. The second-order valence-corrected chi connectivity index (χ2v) is 9.04. The van der Waals surface area contributed by atoms with Gasteiger partial charge in [0.25, 0.3) is 10.0 Å². The number of amides is 1. The van der Waals surface area contributed by atoms with E-state index in [0.29, 0.717) is 24.5 Å². The number of rotatable bonds is 6. The van der Waals surface area contributed by atoms with E-state index in [2.05, 4.69) is 4.90 Å². The van der Waals surface area contributed by atoms with E-state index in [1.165, 1.54) is 7.11 Å². The van der Waals surface area contributed by atoms with Crippen LogP contribution in [0.25, 0.3) is 0 Å². The average molecular weight is 418 g/mol. The second-order valence-electron chi connectivity index (χ2n) is 7.18. The molecule has 0 radical (unpaired) electrons. The fourth-order valence-corrected chi connectivity index (χ4v) is 4.68. The number of aryl methyl sites for hydroxylation is 1. The molecule has 0 unspecified atom stereocenters. The zero-order valence-corrected chi connectivity index (χ0v) is 17.9. The molecule has 2 aromatic carbocycles. The molecule has 0 aromatic heterocycles. The van der Waals surface area contributed by atoms with E-state index < -0.39 is 10.0 Å². The van der Waals surface area contributed by atoms with Crippen molar-refractivity contribution in [3.05, 3.63) is 54.1 Å².